The first-order chi connectivity index (χ1) is 9.58. The highest BCUT2D eigenvalue weighted by Gasteiger charge is 2.07. The van der Waals surface area contributed by atoms with Crippen molar-refractivity contribution in [3.8, 4) is 0 Å². The summed E-state index contributed by atoms with van der Waals surface area (Å²) in [5, 5.41) is 0. The molecule has 0 aliphatic rings. The van der Waals surface area contributed by atoms with Crippen LogP contribution in [0.1, 0.15) is 22.3 Å². The van der Waals surface area contributed by atoms with E-state index in [0.717, 1.165) is 12.1 Å². The molecule has 2 N–H and O–H groups in total. The van der Waals surface area contributed by atoms with Gasteiger partial charge in [-0.05, 0) is 31.2 Å². The molecule has 2 aromatic rings. The Balaban J connectivity index is 2.00. The average Bonchev–Trinajstić information content (AvgIpc) is 2.43. The lowest BCUT2D eigenvalue weighted by atomic mass is 10.1. The van der Waals surface area contributed by atoms with Crippen molar-refractivity contribution in [1.29, 1.82) is 0 Å². The van der Waals surface area contributed by atoms with Crippen molar-refractivity contribution in [1.82, 2.24) is 4.90 Å². The zero-order valence-corrected chi connectivity index (χ0v) is 12.1. The van der Waals surface area contributed by atoms with E-state index in [2.05, 4.69) is 36.1 Å². The summed E-state index contributed by atoms with van der Waals surface area (Å²) in [6, 6.07) is 13.6. The van der Waals surface area contributed by atoms with Gasteiger partial charge in [0.2, 0.25) is 0 Å². The van der Waals surface area contributed by atoms with Crippen LogP contribution in [0.25, 0.3) is 0 Å². The topological polar surface area (TPSA) is 29.3 Å². The summed E-state index contributed by atoms with van der Waals surface area (Å²) in [5.41, 5.74) is 9.52. The molecule has 0 unspecified atom stereocenters. The van der Waals surface area contributed by atoms with Gasteiger partial charge in [0.25, 0.3) is 0 Å². The summed E-state index contributed by atoms with van der Waals surface area (Å²) >= 11 is 0. The second-order valence-electron chi connectivity index (χ2n) is 5.29. The third-order valence-electron chi connectivity index (χ3n) is 3.37. The minimum atomic E-state index is -0.177. The Morgan fingerprint density at radius 3 is 2.25 bits per heavy atom. The van der Waals surface area contributed by atoms with Gasteiger partial charge in [-0.3, -0.25) is 4.90 Å². The predicted octanol–water partition coefficient (Wildman–Crippen LogP) is 3.22. The molecule has 0 saturated heterocycles. The molecule has 0 aromatic heterocycles. The van der Waals surface area contributed by atoms with Gasteiger partial charge in [0.1, 0.15) is 5.82 Å². The fourth-order valence-electron chi connectivity index (χ4n) is 2.20. The van der Waals surface area contributed by atoms with Crippen molar-refractivity contribution in [2.45, 2.75) is 26.6 Å². The molecule has 0 fully saturated rings. The number of halogens is 1. The zero-order valence-electron chi connectivity index (χ0n) is 12.1. The number of nitrogens with two attached hydrogens (primary N) is 1. The van der Waals surface area contributed by atoms with Crippen molar-refractivity contribution in [3.05, 3.63) is 70.5 Å². The minimum Gasteiger partial charge on any atom is -0.326 e. The molecule has 2 rings (SSSR count). The Bertz CT molecular complexity index is 564. The Morgan fingerprint density at radius 1 is 1.00 bits per heavy atom. The van der Waals surface area contributed by atoms with Gasteiger partial charge in [-0.2, -0.15) is 0 Å². The van der Waals surface area contributed by atoms with Crippen LogP contribution in [0.5, 0.6) is 0 Å². The van der Waals surface area contributed by atoms with Gasteiger partial charge in [-0.15, -0.1) is 0 Å². The molecule has 0 heterocycles. The van der Waals surface area contributed by atoms with Crippen LogP contribution in [0, 0.1) is 12.7 Å². The summed E-state index contributed by atoms with van der Waals surface area (Å²) in [6.07, 6.45) is 0. The molecule has 20 heavy (non-hydrogen) atoms. The van der Waals surface area contributed by atoms with E-state index in [-0.39, 0.29) is 5.82 Å². The predicted molar refractivity (Wildman–Crippen MR) is 80.6 cm³/mol. The van der Waals surface area contributed by atoms with Crippen molar-refractivity contribution in [3.63, 3.8) is 0 Å². The second kappa shape index (κ2) is 6.64. The van der Waals surface area contributed by atoms with Crippen LogP contribution >= 0.6 is 0 Å². The fraction of sp³-hybridized carbons (Fsp3) is 0.294. The standard InChI is InChI=1S/C17H21FN2/c1-13-3-5-14(6-4-13)11-20(2)12-16-8-7-15(10-19)9-17(16)18/h3-9H,10-12,19H2,1-2H3. The van der Waals surface area contributed by atoms with Crippen molar-refractivity contribution >= 4 is 0 Å². The average molecular weight is 272 g/mol. The van der Waals surface area contributed by atoms with Gasteiger partial charge in [-0.25, -0.2) is 4.39 Å². The summed E-state index contributed by atoms with van der Waals surface area (Å²) in [5.74, 6) is -0.177. The molecule has 106 valence electrons. The lowest BCUT2D eigenvalue weighted by molar-refractivity contribution is 0.313. The number of nitrogens with zero attached hydrogens (tertiary/aromatic N) is 1. The quantitative estimate of drug-likeness (QED) is 0.905. The molecule has 0 atom stereocenters. The molecular formula is C17H21FN2. The molecule has 0 aliphatic carbocycles. The largest absolute Gasteiger partial charge is 0.326 e. The van der Waals surface area contributed by atoms with Crippen LogP contribution in [-0.2, 0) is 19.6 Å². The summed E-state index contributed by atoms with van der Waals surface area (Å²) in [4.78, 5) is 2.10. The maximum atomic E-state index is 13.9. The van der Waals surface area contributed by atoms with Gasteiger partial charge in [0, 0.05) is 25.2 Å². The third kappa shape index (κ3) is 3.89. The number of hydrogen-bond acceptors (Lipinski definition) is 2. The molecule has 0 radical (unpaired) electrons. The van der Waals surface area contributed by atoms with Crippen LogP contribution < -0.4 is 5.73 Å². The highest BCUT2D eigenvalue weighted by atomic mass is 19.1. The first kappa shape index (κ1) is 14.7. The minimum absolute atomic E-state index is 0.177. The Morgan fingerprint density at radius 2 is 1.65 bits per heavy atom. The summed E-state index contributed by atoms with van der Waals surface area (Å²) in [7, 11) is 2.00. The molecule has 0 bridgehead atoms. The van der Waals surface area contributed by atoms with Crippen LogP contribution in [0.3, 0.4) is 0 Å². The lowest BCUT2D eigenvalue weighted by Crippen LogP contribution is -2.18. The van der Waals surface area contributed by atoms with E-state index in [1.165, 1.54) is 17.2 Å². The van der Waals surface area contributed by atoms with Crippen LogP contribution in [-0.4, -0.2) is 11.9 Å². The van der Waals surface area contributed by atoms with Gasteiger partial charge in [-0.1, -0.05) is 42.0 Å². The first-order valence-electron chi connectivity index (χ1n) is 6.80. The van der Waals surface area contributed by atoms with E-state index >= 15 is 0 Å². The number of benzene rings is 2. The fourth-order valence-corrected chi connectivity index (χ4v) is 2.20. The van der Waals surface area contributed by atoms with E-state index < -0.39 is 0 Å². The van der Waals surface area contributed by atoms with Gasteiger partial charge >= 0.3 is 0 Å². The maximum Gasteiger partial charge on any atom is 0.128 e. The molecule has 3 heteroatoms. The monoisotopic (exact) mass is 272 g/mol. The van der Waals surface area contributed by atoms with Gasteiger partial charge in [0.15, 0.2) is 0 Å². The van der Waals surface area contributed by atoms with Crippen molar-refractivity contribution in [2.24, 2.45) is 5.73 Å². The zero-order chi connectivity index (χ0) is 14.5. The molecule has 0 amide bonds. The van der Waals surface area contributed by atoms with Crippen molar-refractivity contribution < 1.29 is 4.39 Å². The molecule has 0 spiro atoms. The highest BCUT2D eigenvalue weighted by Crippen LogP contribution is 2.14. The second-order valence-corrected chi connectivity index (χ2v) is 5.29. The SMILES string of the molecule is Cc1ccc(CN(C)Cc2ccc(CN)cc2F)cc1. The number of hydrogen-bond donors (Lipinski definition) is 1. The van der Waals surface area contributed by atoms with E-state index in [0.29, 0.717) is 18.7 Å². The third-order valence-corrected chi connectivity index (χ3v) is 3.37. The molecule has 0 saturated carbocycles. The molecule has 2 aromatic carbocycles. The summed E-state index contributed by atoms with van der Waals surface area (Å²) in [6.45, 7) is 3.83. The molecule has 2 nitrogen and oxygen atoms in total. The summed E-state index contributed by atoms with van der Waals surface area (Å²) < 4.78 is 13.9. The number of aryl methyl sites for hydroxylation is 1. The smallest absolute Gasteiger partial charge is 0.128 e. The normalized spacial score (nSPS) is 11.1. The van der Waals surface area contributed by atoms with E-state index in [1.54, 1.807) is 0 Å². The Kier molecular flexibility index (Phi) is 4.88. The number of rotatable bonds is 5. The lowest BCUT2D eigenvalue weighted by Gasteiger charge is -2.17. The van der Waals surface area contributed by atoms with E-state index in [1.807, 2.05) is 19.2 Å². The van der Waals surface area contributed by atoms with Crippen LogP contribution in [0.2, 0.25) is 0 Å². The first-order valence-corrected chi connectivity index (χ1v) is 6.80. The highest BCUT2D eigenvalue weighted by molar-refractivity contribution is 5.25. The Hall–Kier alpha value is -1.71. The Labute approximate surface area is 120 Å². The van der Waals surface area contributed by atoms with Crippen LogP contribution in [0.4, 0.5) is 4.39 Å². The molecule has 0 aliphatic heterocycles. The van der Waals surface area contributed by atoms with Crippen LogP contribution in [0.15, 0.2) is 42.5 Å². The van der Waals surface area contributed by atoms with E-state index in [4.69, 9.17) is 5.73 Å². The van der Waals surface area contributed by atoms with Crippen molar-refractivity contribution in [2.75, 3.05) is 7.05 Å². The van der Waals surface area contributed by atoms with Gasteiger partial charge < -0.3 is 5.73 Å². The molecular weight excluding hydrogens is 251 g/mol. The maximum absolute atomic E-state index is 13.9. The van der Waals surface area contributed by atoms with Gasteiger partial charge in [0.05, 0.1) is 0 Å². The van der Waals surface area contributed by atoms with E-state index in [9.17, 15) is 4.39 Å².